The molecule has 92 valence electrons. The zero-order valence-electron chi connectivity index (χ0n) is 10.5. The van der Waals surface area contributed by atoms with Crippen LogP contribution in [-0.4, -0.2) is 18.9 Å². The molecule has 0 aromatic heterocycles. The van der Waals surface area contributed by atoms with Gasteiger partial charge in [0.15, 0.2) is 5.78 Å². The van der Waals surface area contributed by atoms with Gasteiger partial charge in [0.25, 0.3) is 0 Å². The van der Waals surface area contributed by atoms with Crippen LogP contribution in [0.2, 0.25) is 0 Å². The Hall–Kier alpha value is -1.67. The molecule has 0 bridgehead atoms. The van der Waals surface area contributed by atoms with Crippen molar-refractivity contribution < 1.29 is 4.79 Å². The number of fused-ring (bicyclic) bond motifs is 1. The second-order valence-corrected chi connectivity index (χ2v) is 5.10. The van der Waals surface area contributed by atoms with Crippen LogP contribution >= 0.6 is 0 Å². The Kier molecular flexibility index (Phi) is 2.88. The van der Waals surface area contributed by atoms with Crippen molar-refractivity contribution >= 4 is 16.6 Å². The van der Waals surface area contributed by atoms with Crippen LogP contribution in [0.25, 0.3) is 10.8 Å². The summed E-state index contributed by atoms with van der Waals surface area (Å²) in [4.78, 5) is 12.6. The number of benzene rings is 2. The summed E-state index contributed by atoms with van der Waals surface area (Å²) < 4.78 is 0. The first-order chi connectivity index (χ1) is 8.77. The zero-order chi connectivity index (χ0) is 12.5. The molecule has 2 heteroatoms. The van der Waals surface area contributed by atoms with E-state index in [0.29, 0.717) is 5.92 Å². The number of nitrogens with one attached hydrogen (secondary N) is 1. The molecule has 0 amide bonds. The molecule has 1 atom stereocenters. The van der Waals surface area contributed by atoms with Crippen molar-refractivity contribution in [3.05, 3.63) is 48.0 Å². The number of ketones is 1. The fraction of sp³-hybridized carbons (Fsp3) is 0.312. The first-order valence-electron chi connectivity index (χ1n) is 6.50. The summed E-state index contributed by atoms with van der Waals surface area (Å²) in [6.07, 6.45) is 0. The molecule has 3 rings (SSSR count). The van der Waals surface area contributed by atoms with Crippen molar-refractivity contribution in [2.45, 2.75) is 6.92 Å². The van der Waals surface area contributed by atoms with Gasteiger partial charge in [0.1, 0.15) is 0 Å². The van der Waals surface area contributed by atoms with E-state index in [0.717, 1.165) is 29.4 Å². The van der Waals surface area contributed by atoms with Gasteiger partial charge in [-0.3, -0.25) is 4.79 Å². The summed E-state index contributed by atoms with van der Waals surface area (Å²) in [7, 11) is 0. The van der Waals surface area contributed by atoms with E-state index in [9.17, 15) is 4.79 Å². The smallest absolute Gasteiger partial charge is 0.166 e. The second kappa shape index (κ2) is 4.54. The van der Waals surface area contributed by atoms with E-state index in [1.165, 1.54) is 0 Å². The Bertz CT molecular complexity index is 581. The summed E-state index contributed by atoms with van der Waals surface area (Å²) in [5.74, 6) is 0.881. The van der Waals surface area contributed by atoms with Crippen LogP contribution in [0.3, 0.4) is 0 Å². The van der Waals surface area contributed by atoms with Crippen LogP contribution in [0.5, 0.6) is 0 Å². The molecule has 18 heavy (non-hydrogen) atoms. The number of rotatable bonds is 3. The minimum atomic E-state index is 0.108. The lowest BCUT2D eigenvalue weighted by Crippen LogP contribution is -2.47. The Balaban J connectivity index is 2.00. The van der Waals surface area contributed by atoms with E-state index < -0.39 is 0 Å². The lowest BCUT2D eigenvalue weighted by Gasteiger charge is -2.31. The highest BCUT2D eigenvalue weighted by Crippen LogP contribution is 2.25. The molecule has 2 nitrogen and oxygen atoms in total. The number of carbonyl (C=O) groups is 1. The maximum absolute atomic E-state index is 12.6. The molecule has 0 radical (unpaired) electrons. The highest BCUT2D eigenvalue weighted by atomic mass is 16.1. The van der Waals surface area contributed by atoms with Crippen molar-refractivity contribution in [2.24, 2.45) is 11.8 Å². The second-order valence-electron chi connectivity index (χ2n) is 5.10. The molecule has 1 fully saturated rings. The molecule has 1 unspecified atom stereocenters. The molecule has 1 heterocycles. The maximum Gasteiger partial charge on any atom is 0.166 e. The van der Waals surface area contributed by atoms with Gasteiger partial charge < -0.3 is 5.32 Å². The van der Waals surface area contributed by atoms with Crippen LogP contribution in [0, 0.1) is 11.8 Å². The van der Waals surface area contributed by atoms with Crippen LogP contribution in [-0.2, 0) is 0 Å². The summed E-state index contributed by atoms with van der Waals surface area (Å²) in [5, 5.41) is 5.45. The number of carbonyl (C=O) groups excluding carboxylic acids is 1. The average Bonchev–Trinajstić information content (AvgIpc) is 2.35. The van der Waals surface area contributed by atoms with Gasteiger partial charge in [-0.1, -0.05) is 49.4 Å². The van der Waals surface area contributed by atoms with Crippen molar-refractivity contribution in [3.8, 4) is 0 Å². The molecular weight excluding hydrogens is 222 g/mol. The molecule has 1 saturated heterocycles. The summed E-state index contributed by atoms with van der Waals surface area (Å²) in [5.41, 5.74) is 0.868. The Morgan fingerprint density at radius 2 is 1.89 bits per heavy atom. The third kappa shape index (κ3) is 1.83. The standard InChI is InChI=1S/C16H17NO/c1-11(13-9-17-10-13)16(18)15-8-4-6-12-5-2-3-7-14(12)15/h2-8,11,13,17H,9-10H2,1H3. The summed E-state index contributed by atoms with van der Waals surface area (Å²) in [6, 6.07) is 14.1. The third-order valence-electron chi connectivity index (χ3n) is 3.99. The Morgan fingerprint density at radius 1 is 1.17 bits per heavy atom. The van der Waals surface area contributed by atoms with Gasteiger partial charge >= 0.3 is 0 Å². The number of Topliss-reactive ketones (excluding diaryl/α,β-unsaturated/α-hetero) is 1. The molecular formula is C16H17NO. The van der Waals surface area contributed by atoms with Gasteiger partial charge in [-0.2, -0.15) is 0 Å². The lowest BCUT2D eigenvalue weighted by atomic mass is 9.82. The summed E-state index contributed by atoms with van der Waals surface area (Å²) in [6.45, 7) is 3.99. The minimum Gasteiger partial charge on any atom is -0.316 e. The van der Waals surface area contributed by atoms with Gasteiger partial charge in [-0.15, -0.1) is 0 Å². The van der Waals surface area contributed by atoms with Crippen molar-refractivity contribution in [1.82, 2.24) is 5.32 Å². The lowest BCUT2D eigenvalue weighted by molar-refractivity contribution is 0.0856. The van der Waals surface area contributed by atoms with Crippen LogP contribution in [0.4, 0.5) is 0 Å². The summed E-state index contributed by atoms with van der Waals surface area (Å²) >= 11 is 0. The first kappa shape index (κ1) is 11.4. The first-order valence-corrected chi connectivity index (χ1v) is 6.50. The Morgan fingerprint density at radius 3 is 2.61 bits per heavy atom. The van der Waals surface area contributed by atoms with Crippen molar-refractivity contribution in [2.75, 3.05) is 13.1 Å². The van der Waals surface area contributed by atoms with Crippen LogP contribution < -0.4 is 5.32 Å². The van der Waals surface area contributed by atoms with Crippen molar-refractivity contribution in [3.63, 3.8) is 0 Å². The van der Waals surface area contributed by atoms with Gasteiger partial charge in [-0.25, -0.2) is 0 Å². The molecule has 2 aromatic rings. The highest BCUT2D eigenvalue weighted by Gasteiger charge is 2.29. The van der Waals surface area contributed by atoms with E-state index >= 15 is 0 Å². The maximum atomic E-state index is 12.6. The van der Waals surface area contributed by atoms with E-state index in [1.54, 1.807) is 0 Å². The van der Waals surface area contributed by atoms with E-state index in [-0.39, 0.29) is 11.7 Å². The molecule has 2 aromatic carbocycles. The van der Waals surface area contributed by atoms with E-state index in [4.69, 9.17) is 0 Å². The molecule has 1 aliphatic heterocycles. The van der Waals surface area contributed by atoms with Gasteiger partial charge in [-0.05, 0) is 29.8 Å². The topological polar surface area (TPSA) is 29.1 Å². The van der Waals surface area contributed by atoms with Gasteiger partial charge in [0.2, 0.25) is 0 Å². The molecule has 1 N–H and O–H groups in total. The van der Waals surface area contributed by atoms with Gasteiger partial charge in [0.05, 0.1) is 0 Å². The van der Waals surface area contributed by atoms with Gasteiger partial charge in [0, 0.05) is 11.5 Å². The van der Waals surface area contributed by atoms with Crippen LogP contribution in [0.1, 0.15) is 17.3 Å². The Labute approximate surface area is 107 Å². The largest absolute Gasteiger partial charge is 0.316 e. The normalized spacial score (nSPS) is 17.4. The SMILES string of the molecule is CC(C(=O)c1cccc2ccccc12)C1CNC1. The molecule has 0 aliphatic carbocycles. The van der Waals surface area contributed by atoms with Crippen molar-refractivity contribution in [1.29, 1.82) is 0 Å². The molecule has 0 saturated carbocycles. The predicted molar refractivity (Wildman–Crippen MR) is 73.8 cm³/mol. The average molecular weight is 239 g/mol. The quantitative estimate of drug-likeness (QED) is 0.834. The molecule has 1 aliphatic rings. The third-order valence-corrected chi connectivity index (χ3v) is 3.99. The monoisotopic (exact) mass is 239 g/mol. The zero-order valence-corrected chi connectivity index (χ0v) is 10.5. The highest BCUT2D eigenvalue weighted by molar-refractivity contribution is 6.09. The molecule has 0 spiro atoms. The predicted octanol–water partition coefficient (Wildman–Crippen LogP) is 2.88. The number of hydrogen-bond donors (Lipinski definition) is 1. The van der Waals surface area contributed by atoms with Crippen LogP contribution in [0.15, 0.2) is 42.5 Å². The fourth-order valence-electron chi connectivity index (χ4n) is 2.56. The van der Waals surface area contributed by atoms with E-state index in [1.807, 2.05) is 30.3 Å². The number of hydrogen-bond acceptors (Lipinski definition) is 2. The van der Waals surface area contributed by atoms with E-state index in [2.05, 4.69) is 24.4 Å². The minimum absolute atomic E-state index is 0.108. The fourth-order valence-corrected chi connectivity index (χ4v) is 2.56.